The Morgan fingerprint density at radius 1 is 0.981 bits per heavy atom. The van der Waals surface area contributed by atoms with E-state index in [1.165, 1.54) is 61.3 Å². The van der Waals surface area contributed by atoms with E-state index in [1.54, 1.807) is 44.2 Å². The number of allylic oxidation sites excluding steroid dienone is 1. The van der Waals surface area contributed by atoms with Gasteiger partial charge in [-0.3, -0.25) is 19.9 Å². The van der Waals surface area contributed by atoms with Crippen molar-refractivity contribution in [3.63, 3.8) is 0 Å². The summed E-state index contributed by atoms with van der Waals surface area (Å²) in [6.45, 7) is 6.51. The van der Waals surface area contributed by atoms with E-state index in [-0.39, 0.29) is 46.9 Å². The first kappa shape index (κ1) is 38.6. The topological polar surface area (TPSA) is 134 Å². The lowest BCUT2D eigenvalue weighted by Crippen LogP contribution is -2.50. The van der Waals surface area contributed by atoms with Crippen LogP contribution in [-0.2, 0) is 19.1 Å². The average Bonchev–Trinajstić information content (AvgIpc) is 3.13. The molecule has 5 rings (SSSR count). The van der Waals surface area contributed by atoms with Gasteiger partial charge in [-0.1, -0.05) is 36.4 Å². The second kappa shape index (κ2) is 17.7. The molecule has 52 heavy (non-hydrogen) atoms. The molecule has 0 radical (unpaired) electrons. The highest BCUT2D eigenvalue weighted by atomic mass is 32.2. The number of nitro groups is 1. The molecule has 2 heterocycles. The van der Waals surface area contributed by atoms with Crippen molar-refractivity contribution in [2.75, 3.05) is 57.9 Å². The van der Waals surface area contributed by atoms with E-state index in [1.807, 2.05) is 0 Å². The predicted molar refractivity (Wildman–Crippen MR) is 193 cm³/mol. The lowest BCUT2D eigenvalue weighted by Gasteiger charge is -2.40. The number of nitrogens with zero attached hydrogens (tertiary/aromatic N) is 3. The number of benzene rings is 3. The van der Waals surface area contributed by atoms with E-state index in [0.717, 1.165) is 11.1 Å². The molecule has 0 amide bonds. The van der Waals surface area contributed by atoms with Gasteiger partial charge in [0, 0.05) is 67.8 Å². The molecule has 11 nitrogen and oxygen atoms in total. The molecule has 3 aromatic carbocycles. The lowest BCUT2D eigenvalue weighted by atomic mass is 9.80. The fraction of sp³-hybridized carbons (Fsp3) is 0.368. The molecule has 2 atom stereocenters. The number of esters is 2. The van der Waals surface area contributed by atoms with Crippen molar-refractivity contribution in [1.82, 2.24) is 15.1 Å². The third-order valence-corrected chi connectivity index (χ3v) is 10.2. The highest BCUT2D eigenvalue weighted by Gasteiger charge is 2.39. The molecule has 1 saturated heterocycles. The summed E-state index contributed by atoms with van der Waals surface area (Å²) in [7, 11) is 1.23. The third kappa shape index (κ3) is 9.23. The van der Waals surface area contributed by atoms with E-state index in [9.17, 15) is 33.6 Å². The molecule has 1 fully saturated rings. The van der Waals surface area contributed by atoms with Gasteiger partial charge in [-0.05, 0) is 54.8 Å². The van der Waals surface area contributed by atoms with E-state index >= 15 is 0 Å². The number of hydrogen-bond donors (Lipinski definition) is 2. The number of rotatable bonds is 14. The Hall–Kier alpha value is -4.63. The van der Waals surface area contributed by atoms with Crippen LogP contribution in [0.2, 0.25) is 0 Å². The summed E-state index contributed by atoms with van der Waals surface area (Å²) in [5.74, 6) is -2.41. The predicted octanol–water partition coefficient (Wildman–Crippen LogP) is 5.33. The number of nitrogens with one attached hydrogen (secondary N) is 1. The summed E-state index contributed by atoms with van der Waals surface area (Å²) in [6.07, 6.45) is -0.702. The Kier molecular flexibility index (Phi) is 13.2. The standard InChI is InChI=1S/C38H42F2N4O7S/c1-4-51-38(47)35-32(41-24(2)33(37(46)50-3)34(35)27-6-5-7-30(20-27)44(48)49)23-52-22-31(45)21-42-16-18-43(19-17-42)36(25-8-12-28(39)13-9-25)26-10-14-29(40)15-11-26/h5-15,20,31,34,36,41,45H,4,16-19,21-23H2,1-3H3. The Balaban J connectivity index is 1.26. The molecule has 0 bridgehead atoms. The van der Waals surface area contributed by atoms with Crippen LogP contribution >= 0.6 is 11.8 Å². The normalized spacial score (nSPS) is 17.6. The fourth-order valence-electron chi connectivity index (χ4n) is 6.75. The fourth-order valence-corrected chi connectivity index (χ4v) is 7.68. The molecule has 3 aromatic rings. The first-order chi connectivity index (χ1) is 25.0. The zero-order chi connectivity index (χ0) is 37.4. The molecule has 2 aliphatic heterocycles. The van der Waals surface area contributed by atoms with E-state index in [2.05, 4.69) is 15.1 Å². The minimum absolute atomic E-state index is 0.0706. The smallest absolute Gasteiger partial charge is 0.336 e. The third-order valence-electron chi connectivity index (χ3n) is 9.13. The van der Waals surface area contributed by atoms with Gasteiger partial charge >= 0.3 is 11.9 Å². The number of non-ortho nitro benzene ring substituents is 1. The highest BCUT2D eigenvalue weighted by Crippen LogP contribution is 2.41. The van der Waals surface area contributed by atoms with Crippen LogP contribution in [0.3, 0.4) is 0 Å². The van der Waals surface area contributed by atoms with Crippen LogP contribution in [0.5, 0.6) is 0 Å². The maximum absolute atomic E-state index is 13.7. The number of β-amino-alcohol motifs (C(OH)–C–C–N with tert-alkyl or cyclic N) is 1. The Morgan fingerprint density at radius 3 is 2.15 bits per heavy atom. The highest BCUT2D eigenvalue weighted by molar-refractivity contribution is 7.99. The largest absolute Gasteiger partial charge is 0.466 e. The first-order valence-corrected chi connectivity index (χ1v) is 18.1. The van der Waals surface area contributed by atoms with Crippen LogP contribution in [0.1, 0.15) is 42.5 Å². The van der Waals surface area contributed by atoms with Crippen molar-refractivity contribution in [2.45, 2.75) is 31.9 Å². The van der Waals surface area contributed by atoms with Crippen molar-refractivity contribution in [3.8, 4) is 0 Å². The molecule has 2 aliphatic rings. The van der Waals surface area contributed by atoms with Crippen molar-refractivity contribution in [3.05, 3.63) is 134 Å². The van der Waals surface area contributed by atoms with Crippen molar-refractivity contribution in [2.24, 2.45) is 0 Å². The van der Waals surface area contributed by atoms with E-state index < -0.39 is 28.9 Å². The number of carbonyl (C=O) groups excluding carboxylic acids is 2. The van der Waals surface area contributed by atoms with Gasteiger partial charge in [-0.25, -0.2) is 18.4 Å². The maximum atomic E-state index is 13.7. The monoisotopic (exact) mass is 736 g/mol. The number of halogens is 2. The van der Waals surface area contributed by atoms with E-state index in [4.69, 9.17) is 9.47 Å². The summed E-state index contributed by atoms with van der Waals surface area (Å²) in [5, 5.41) is 25.9. The van der Waals surface area contributed by atoms with Gasteiger partial charge in [0.05, 0.1) is 47.8 Å². The minimum Gasteiger partial charge on any atom is -0.466 e. The molecule has 0 spiro atoms. The maximum Gasteiger partial charge on any atom is 0.336 e. The van der Waals surface area contributed by atoms with Crippen LogP contribution in [0.25, 0.3) is 0 Å². The number of aliphatic hydroxyl groups excluding tert-OH is 1. The van der Waals surface area contributed by atoms with Crippen molar-refractivity contribution < 1.29 is 37.9 Å². The summed E-state index contributed by atoms with van der Waals surface area (Å²) in [6, 6.07) is 18.3. The number of hydrogen-bond acceptors (Lipinski definition) is 11. The number of piperazine rings is 1. The van der Waals surface area contributed by atoms with Gasteiger partial charge in [0.1, 0.15) is 11.6 Å². The number of nitro benzene ring substituents is 1. The number of dihydropyridines is 1. The summed E-state index contributed by atoms with van der Waals surface area (Å²) in [5.41, 5.74) is 3.17. The molecule has 0 saturated carbocycles. The lowest BCUT2D eigenvalue weighted by molar-refractivity contribution is -0.384. The van der Waals surface area contributed by atoms with Gasteiger partial charge in [0.2, 0.25) is 0 Å². The van der Waals surface area contributed by atoms with Crippen LogP contribution in [-0.4, -0.2) is 95.8 Å². The Labute approximate surface area is 305 Å². The summed E-state index contributed by atoms with van der Waals surface area (Å²) in [4.78, 5) is 42.0. The SMILES string of the molecule is CCOC(=O)C1=C(CSCC(O)CN2CCN(C(c3ccc(F)cc3)c3ccc(F)cc3)CC2)NC(C)=C(C(=O)OC)C1c1cccc([N+](=O)[O-])c1. The molecular formula is C38H42F2N4O7S. The number of methoxy groups -OCH3 is 1. The van der Waals surface area contributed by atoms with Gasteiger partial charge < -0.3 is 19.9 Å². The summed E-state index contributed by atoms with van der Waals surface area (Å²) >= 11 is 1.40. The van der Waals surface area contributed by atoms with E-state index in [0.29, 0.717) is 55.4 Å². The minimum atomic E-state index is -0.988. The van der Waals surface area contributed by atoms with Crippen LogP contribution < -0.4 is 5.32 Å². The van der Waals surface area contributed by atoms with Crippen LogP contribution in [0, 0.1) is 21.7 Å². The van der Waals surface area contributed by atoms with Crippen LogP contribution in [0.15, 0.2) is 95.3 Å². The molecule has 276 valence electrons. The van der Waals surface area contributed by atoms with Gasteiger partial charge in [-0.15, -0.1) is 0 Å². The molecule has 0 aliphatic carbocycles. The van der Waals surface area contributed by atoms with Crippen molar-refractivity contribution >= 4 is 29.4 Å². The molecule has 2 unspecified atom stereocenters. The number of ether oxygens (including phenoxy) is 2. The average molecular weight is 737 g/mol. The number of thioether (sulfide) groups is 1. The molecule has 0 aromatic heterocycles. The second-order valence-electron chi connectivity index (χ2n) is 12.6. The Bertz CT molecular complexity index is 1770. The molecular weight excluding hydrogens is 695 g/mol. The van der Waals surface area contributed by atoms with Gasteiger partial charge in [0.25, 0.3) is 5.69 Å². The zero-order valence-corrected chi connectivity index (χ0v) is 30.0. The van der Waals surface area contributed by atoms with Gasteiger partial charge in [0.15, 0.2) is 0 Å². The zero-order valence-electron chi connectivity index (χ0n) is 29.2. The van der Waals surface area contributed by atoms with Gasteiger partial charge in [-0.2, -0.15) is 11.8 Å². The summed E-state index contributed by atoms with van der Waals surface area (Å²) < 4.78 is 37.9. The van der Waals surface area contributed by atoms with Crippen LogP contribution in [0.4, 0.5) is 14.5 Å². The Morgan fingerprint density at radius 2 is 1.60 bits per heavy atom. The number of carbonyl (C=O) groups is 2. The number of aliphatic hydroxyl groups is 1. The quantitative estimate of drug-likeness (QED) is 0.127. The molecule has 2 N–H and O–H groups in total. The second-order valence-corrected chi connectivity index (χ2v) is 13.6. The first-order valence-electron chi connectivity index (χ1n) is 16.9. The molecule has 14 heteroatoms. The van der Waals surface area contributed by atoms with Crippen molar-refractivity contribution in [1.29, 1.82) is 0 Å².